The van der Waals surface area contributed by atoms with Crippen LogP contribution in [0.1, 0.15) is 41.7 Å². The first kappa shape index (κ1) is 39.0. The second kappa shape index (κ2) is 16.5. The van der Waals surface area contributed by atoms with Gasteiger partial charge in [0, 0.05) is 17.7 Å². The summed E-state index contributed by atoms with van der Waals surface area (Å²) >= 11 is 0. The molecule has 4 rings (SSSR count). The molecule has 3 atom stereocenters. The summed E-state index contributed by atoms with van der Waals surface area (Å²) in [7, 11) is -8.31. The molecule has 3 aromatic carbocycles. The number of nitrogens with one attached hydrogen (secondary N) is 1. The number of carbonyl (C=O) groups excluding carboxylic acids is 1. The van der Waals surface area contributed by atoms with Gasteiger partial charge in [-0.15, -0.1) is 13.2 Å². The molecule has 12 nitrogen and oxygen atoms in total. The monoisotopic (exact) mass is 752 g/mol. The number of phosphoric ester groups is 1. The smallest absolute Gasteiger partial charge is 0.489 e. The number of carbonyl (C=O) groups is 1. The number of anilines is 1. The van der Waals surface area contributed by atoms with Gasteiger partial charge in [0.25, 0.3) is 5.91 Å². The quantitative estimate of drug-likeness (QED) is 0.123. The first-order valence-electron chi connectivity index (χ1n) is 15.0. The number of hydrogen-bond donors (Lipinski definition) is 3. The minimum absolute atomic E-state index is 0.0659. The summed E-state index contributed by atoms with van der Waals surface area (Å²) in [5, 5.41) is 2.76. The van der Waals surface area contributed by atoms with Crippen molar-refractivity contribution in [2.24, 2.45) is 0 Å². The zero-order valence-electron chi connectivity index (χ0n) is 26.3. The summed E-state index contributed by atoms with van der Waals surface area (Å²) in [6.07, 6.45) is -5.27. The first-order valence-corrected chi connectivity index (χ1v) is 18.2. The lowest BCUT2D eigenvalue weighted by Gasteiger charge is -2.26. The van der Waals surface area contributed by atoms with Gasteiger partial charge in [-0.3, -0.25) is 9.32 Å². The molecular weight excluding hydrogens is 718 g/mol. The number of alkyl halides is 5. The van der Waals surface area contributed by atoms with E-state index in [0.29, 0.717) is 11.3 Å². The molecule has 1 fully saturated rings. The van der Waals surface area contributed by atoms with E-state index >= 15 is 0 Å². The van der Waals surface area contributed by atoms with Gasteiger partial charge in [-0.05, 0) is 72.6 Å². The van der Waals surface area contributed by atoms with Gasteiger partial charge in [0.15, 0.2) is 9.84 Å². The average Bonchev–Trinajstić information content (AvgIpc) is 3.45. The van der Waals surface area contributed by atoms with Crippen LogP contribution in [0.25, 0.3) is 0 Å². The van der Waals surface area contributed by atoms with Crippen LogP contribution < -0.4 is 19.7 Å². The number of ether oxygens (including phenoxy) is 3. The molecule has 1 saturated heterocycles. The molecule has 1 heterocycles. The van der Waals surface area contributed by atoms with Crippen LogP contribution in [0.4, 0.5) is 27.6 Å². The van der Waals surface area contributed by atoms with Crippen molar-refractivity contribution < 1.29 is 68.3 Å². The number of rotatable bonds is 16. The summed E-state index contributed by atoms with van der Waals surface area (Å²) in [5.74, 6) is -0.913. The highest BCUT2D eigenvalue weighted by atomic mass is 32.2. The number of nitrogens with zero attached hydrogens (tertiary/aromatic N) is 1. The van der Waals surface area contributed by atoms with Crippen LogP contribution in [0.2, 0.25) is 0 Å². The van der Waals surface area contributed by atoms with E-state index in [1.165, 1.54) is 55.5 Å². The van der Waals surface area contributed by atoms with Crippen molar-refractivity contribution in [3.8, 4) is 11.5 Å². The van der Waals surface area contributed by atoms with Crippen LogP contribution in [-0.4, -0.2) is 74.7 Å². The van der Waals surface area contributed by atoms with Crippen LogP contribution >= 0.6 is 7.82 Å². The SMILES string of the molecule is CCS(=O)(=O)c1ccc(C(CCOP(=O)(O)O)NC(=O)c2ccc(N3C[C@@H](Oc4ccc(OC(F)(F)F)cc4)C[C@H]3COC(F)F)cc2)cc1. The maximum Gasteiger partial charge on any atom is 0.573 e. The van der Waals surface area contributed by atoms with Crippen molar-refractivity contribution in [2.75, 3.05) is 30.4 Å². The average molecular weight is 753 g/mol. The molecule has 3 aromatic rings. The lowest BCUT2D eigenvalue weighted by atomic mass is 10.0. The Morgan fingerprint density at radius 1 is 1.00 bits per heavy atom. The van der Waals surface area contributed by atoms with Crippen LogP contribution in [0.3, 0.4) is 0 Å². The minimum Gasteiger partial charge on any atom is -0.489 e. The van der Waals surface area contributed by atoms with E-state index in [1.807, 2.05) is 0 Å². The van der Waals surface area contributed by atoms with Crippen molar-refractivity contribution in [1.82, 2.24) is 5.32 Å². The fourth-order valence-corrected chi connectivity index (χ4v) is 6.49. The van der Waals surface area contributed by atoms with Gasteiger partial charge in [-0.1, -0.05) is 19.1 Å². The molecule has 19 heteroatoms. The highest BCUT2D eigenvalue weighted by Gasteiger charge is 2.35. The molecule has 1 amide bonds. The third kappa shape index (κ3) is 11.6. The molecule has 1 aliphatic rings. The molecular formula is C31H34F5N2O10PS. The third-order valence-corrected chi connectivity index (χ3v) is 9.87. The first-order chi connectivity index (χ1) is 23.4. The van der Waals surface area contributed by atoms with E-state index in [1.54, 1.807) is 17.0 Å². The predicted octanol–water partition coefficient (Wildman–Crippen LogP) is 5.61. The number of hydrogen-bond acceptors (Lipinski definition) is 9. The molecule has 0 bridgehead atoms. The topological polar surface area (TPSA) is 161 Å². The number of amides is 1. The van der Waals surface area contributed by atoms with Gasteiger partial charge in [0.2, 0.25) is 0 Å². The van der Waals surface area contributed by atoms with Gasteiger partial charge in [0.1, 0.15) is 17.6 Å². The molecule has 1 aliphatic heterocycles. The van der Waals surface area contributed by atoms with Crippen molar-refractivity contribution in [3.05, 3.63) is 83.9 Å². The summed E-state index contributed by atoms with van der Waals surface area (Å²) in [4.78, 5) is 33.3. The van der Waals surface area contributed by atoms with Gasteiger partial charge in [-0.2, -0.15) is 8.78 Å². The maximum atomic E-state index is 13.3. The largest absolute Gasteiger partial charge is 0.573 e. The van der Waals surface area contributed by atoms with E-state index in [4.69, 9.17) is 14.5 Å². The molecule has 0 radical (unpaired) electrons. The summed E-state index contributed by atoms with van der Waals surface area (Å²) in [6.45, 7) is -2.15. The van der Waals surface area contributed by atoms with Gasteiger partial charge in [-0.25, -0.2) is 13.0 Å². The Morgan fingerprint density at radius 2 is 1.62 bits per heavy atom. The fourth-order valence-electron chi connectivity index (χ4n) is 5.26. The second-order valence-electron chi connectivity index (χ2n) is 11.1. The highest BCUT2D eigenvalue weighted by molar-refractivity contribution is 7.91. The van der Waals surface area contributed by atoms with Gasteiger partial charge < -0.3 is 34.2 Å². The van der Waals surface area contributed by atoms with Crippen LogP contribution in [0.15, 0.2) is 77.7 Å². The van der Waals surface area contributed by atoms with Crippen LogP contribution in [0.5, 0.6) is 11.5 Å². The van der Waals surface area contributed by atoms with Gasteiger partial charge >= 0.3 is 20.8 Å². The second-order valence-corrected chi connectivity index (χ2v) is 14.6. The molecule has 0 saturated carbocycles. The van der Waals surface area contributed by atoms with E-state index in [2.05, 4.69) is 19.3 Å². The lowest BCUT2D eigenvalue weighted by Crippen LogP contribution is -2.34. The summed E-state index contributed by atoms with van der Waals surface area (Å²) in [5.41, 5.74) is 1.16. The van der Waals surface area contributed by atoms with E-state index < -0.39 is 67.1 Å². The number of benzene rings is 3. The molecule has 3 N–H and O–H groups in total. The van der Waals surface area contributed by atoms with Crippen LogP contribution in [0, 0.1) is 0 Å². The Morgan fingerprint density at radius 3 is 2.18 bits per heavy atom. The normalized spacial score (nSPS) is 17.5. The van der Waals surface area contributed by atoms with E-state index in [0.717, 1.165) is 12.1 Å². The highest BCUT2D eigenvalue weighted by Crippen LogP contribution is 2.37. The molecule has 0 spiro atoms. The van der Waals surface area contributed by atoms with Crippen molar-refractivity contribution in [1.29, 1.82) is 0 Å². The van der Waals surface area contributed by atoms with Crippen molar-refractivity contribution in [3.63, 3.8) is 0 Å². The molecule has 274 valence electrons. The van der Waals surface area contributed by atoms with Crippen molar-refractivity contribution in [2.45, 2.75) is 55.8 Å². The standard InChI is InChI=1S/C31H34F5N2O10PS/c1-2-50(43,44)27-13-5-20(6-14-27)28(15-16-46-49(40,41)42)37-29(39)21-3-7-22(8-4-21)38-18-26(17-23(38)19-45-30(32)33)47-24-9-11-25(12-10-24)48-31(34,35)36/h3-14,23,26,28,30H,2,15-19H2,1H3,(H,37,39)(H2,40,41,42)/t23-,26-,28?/m0/s1. The number of phosphoric acid groups is 1. The van der Waals surface area contributed by atoms with E-state index in [9.17, 15) is 39.7 Å². The Hall–Kier alpha value is -3.80. The zero-order valence-corrected chi connectivity index (χ0v) is 28.0. The summed E-state index contributed by atoms with van der Waals surface area (Å²) < 4.78 is 118. The van der Waals surface area contributed by atoms with Gasteiger partial charge in [0.05, 0.1) is 42.5 Å². The molecule has 1 unspecified atom stereocenters. The Kier molecular flexibility index (Phi) is 12.9. The molecule has 0 aliphatic carbocycles. The molecule has 50 heavy (non-hydrogen) atoms. The third-order valence-electron chi connectivity index (χ3n) is 7.60. The lowest BCUT2D eigenvalue weighted by molar-refractivity contribution is -0.274. The zero-order chi connectivity index (χ0) is 36.7. The Balaban J connectivity index is 1.47. The summed E-state index contributed by atoms with van der Waals surface area (Å²) in [6, 6.07) is 15.1. The Labute approximate surface area is 284 Å². The Bertz CT molecular complexity index is 1720. The maximum absolute atomic E-state index is 13.3. The predicted molar refractivity (Wildman–Crippen MR) is 169 cm³/mol. The van der Waals surface area contributed by atoms with E-state index in [-0.39, 0.29) is 48.0 Å². The molecule has 0 aromatic heterocycles. The van der Waals surface area contributed by atoms with Crippen molar-refractivity contribution >= 4 is 29.3 Å². The minimum atomic E-state index is -4.86. The number of halogens is 5. The number of sulfone groups is 1. The fraction of sp³-hybridized carbons (Fsp3) is 0.387. The van der Waals surface area contributed by atoms with Crippen LogP contribution in [-0.2, 0) is 23.7 Å².